The van der Waals surface area contributed by atoms with Crippen molar-refractivity contribution in [2.45, 2.75) is 6.04 Å². The summed E-state index contributed by atoms with van der Waals surface area (Å²) < 4.78 is 1.01. The quantitative estimate of drug-likeness (QED) is 0.351. The zero-order chi connectivity index (χ0) is 20.1. The van der Waals surface area contributed by atoms with E-state index >= 15 is 0 Å². The van der Waals surface area contributed by atoms with Gasteiger partial charge in [-0.15, -0.1) is 0 Å². The van der Waals surface area contributed by atoms with Crippen LogP contribution in [0.25, 0.3) is 0 Å². The van der Waals surface area contributed by atoms with Gasteiger partial charge in [-0.05, 0) is 35.4 Å². The molecular weight excluding hydrogens is 426 g/mol. The second kappa shape index (κ2) is 8.75. The Labute approximate surface area is 178 Å². The van der Waals surface area contributed by atoms with Gasteiger partial charge < -0.3 is 16.4 Å². The van der Waals surface area contributed by atoms with Crippen LogP contribution in [0, 0.1) is 0 Å². The van der Waals surface area contributed by atoms with Gasteiger partial charge in [0.2, 0.25) is 0 Å². The highest BCUT2D eigenvalue weighted by molar-refractivity contribution is 9.10. The smallest absolute Gasteiger partial charge is 0.159 e. The van der Waals surface area contributed by atoms with E-state index in [1.54, 1.807) is 0 Å². The fraction of sp³-hybridized carbons (Fsp3) is 0.0435. The van der Waals surface area contributed by atoms with Crippen molar-refractivity contribution in [3.8, 4) is 0 Å². The number of hydrogen-bond acceptors (Lipinski definition) is 5. The summed E-state index contributed by atoms with van der Waals surface area (Å²) in [5, 5.41) is 6.75. The van der Waals surface area contributed by atoms with Gasteiger partial charge >= 0.3 is 0 Å². The Hall–Kier alpha value is -3.38. The SMILES string of the molecule is Nc1c(Nc2ccc(Br)cc2)ncnc1NC(c1ccccc1)c1ccccc1. The van der Waals surface area contributed by atoms with Gasteiger partial charge in [0, 0.05) is 10.2 Å². The van der Waals surface area contributed by atoms with Gasteiger partial charge in [-0.25, -0.2) is 9.97 Å². The van der Waals surface area contributed by atoms with Crippen molar-refractivity contribution in [3.63, 3.8) is 0 Å². The van der Waals surface area contributed by atoms with Crippen LogP contribution in [0.5, 0.6) is 0 Å². The van der Waals surface area contributed by atoms with E-state index < -0.39 is 0 Å². The molecule has 0 bridgehead atoms. The molecule has 0 aliphatic rings. The first kappa shape index (κ1) is 19.0. The number of anilines is 4. The number of aromatic nitrogens is 2. The molecule has 0 saturated carbocycles. The number of hydrogen-bond donors (Lipinski definition) is 3. The monoisotopic (exact) mass is 445 g/mol. The summed E-state index contributed by atoms with van der Waals surface area (Å²) in [7, 11) is 0. The second-order valence-electron chi connectivity index (χ2n) is 6.52. The van der Waals surface area contributed by atoms with Crippen LogP contribution in [0.3, 0.4) is 0 Å². The average Bonchev–Trinajstić information content (AvgIpc) is 2.77. The van der Waals surface area contributed by atoms with Crippen LogP contribution >= 0.6 is 15.9 Å². The Morgan fingerprint density at radius 2 is 1.28 bits per heavy atom. The lowest BCUT2D eigenvalue weighted by Gasteiger charge is -2.22. The van der Waals surface area contributed by atoms with E-state index in [9.17, 15) is 0 Å². The van der Waals surface area contributed by atoms with Gasteiger partial charge in [-0.1, -0.05) is 76.6 Å². The summed E-state index contributed by atoms with van der Waals surface area (Å²) in [6.07, 6.45) is 1.51. The van der Waals surface area contributed by atoms with Crippen molar-refractivity contribution in [3.05, 3.63) is 107 Å². The maximum Gasteiger partial charge on any atom is 0.159 e. The summed E-state index contributed by atoms with van der Waals surface area (Å²) in [6, 6.07) is 28.2. The van der Waals surface area contributed by atoms with Crippen LogP contribution in [0.2, 0.25) is 0 Å². The minimum absolute atomic E-state index is 0.0878. The van der Waals surface area contributed by atoms with Crippen LogP contribution in [-0.2, 0) is 0 Å². The molecule has 3 aromatic carbocycles. The van der Waals surface area contributed by atoms with Crippen LogP contribution in [-0.4, -0.2) is 9.97 Å². The van der Waals surface area contributed by atoms with Crippen molar-refractivity contribution >= 4 is 38.9 Å². The molecule has 4 aromatic rings. The van der Waals surface area contributed by atoms with E-state index in [1.807, 2.05) is 60.7 Å². The fourth-order valence-corrected chi connectivity index (χ4v) is 3.33. The number of nitrogens with one attached hydrogen (secondary N) is 2. The van der Waals surface area contributed by atoms with Crippen molar-refractivity contribution in [2.75, 3.05) is 16.4 Å². The summed E-state index contributed by atoms with van der Waals surface area (Å²) in [5.74, 6) is 1.14. The van der Waals surface area contributed by atoms with E-state index in [-0.39, 0.29) is 6.04 Å². The van der Waals surface area contributed by atoms with E-state index in [0.717, 1.165) is 21.3 Å². The predicted octanol–water partition coefficient (Wildman–Crippen LogP) is 5.77. The number of nitrogen functional groups attached to an aromatic ring is 1. The topological polar surface area (TPSA) is 75.9 Å². The van der Waals surface area contributed by atoms with Crippen molar-refractivity contribution in [1.82, 2.24) is 9.97 Å². The Balaban J connectivity index is 1.65. The van der Waals surface area contributed by atoms with E-state index in [4.69, 9.17) is 5.73 Å². The van der Waals surface area contributed by atoms with Crippen LogP contribution in [0.15, 0.2) is 95.7 Å². The van der Waals surface area contributed by atoms with Gasteiger partial charge in [0.25, 0.3) is 0 Å². The van der Waals surface area contributed by atoms with E-state index in [0.29, 0.717) is 17.3 Å². The van der Waals surface area contributed by atoms with Crippen molar-refractivity contribution in [1.29, 1.82) is 0 Å². The molecule has 6 heteroatoms. The molecule has 0 amide bonds. The van der Waals surface area contributed by atoms with Crippen molar-refractivity contribution < 1.29 is 0 Å². The molecule has 0 radical (unpaired) electrons. The summed E-state index contributed by atoms with van der Waals surface area (Å²) in [6.45, 7) is 0. The largest absolute Gasteiger partial charge is 0.393 e. The lowest BCUT2D eigenvalue weighted by Crippen LogP contribution is -2.15. The summed E-state index contributed by atoms with van der Waals surface area (Å²) in [4.78, 5) is 8.70. The molecule has 4 rings (SSSR count). The number of nitrogens with zero attached hydrogens (tertiary/aromatic N) is 2. The predicted molar refractivity (Wildman–Crippen MR) is 122 cm³/mol. The number of halogens is 1. The van der Waals surface area contributed by atoms with E-state index in [1.165, 1.54) is 6.33 Å². The molecular formula is C23H20BrN5. The third-order valence-corrected chi connectivity index (χ3v) is 5.07. The highest BCUT2D eigenvalue weighted by Gasteiger charge is 2.17. The Bertz CT molecular complexity index is 1030. The minimum atomic E-state index is -0.0878. The molecule has 0 spiro atoms. The third kappa shape index (κ3) is 4.55. The first-order valence-corrected chi connectivity index (χ1v) is 9.99. The Morgan fingerprint density at radius 1 is 0.724 bits per heavy atom. The zero-order valence-electron chi connectivity index (χ0n) is 15.6. The average molecular weight is 446 g/mol. The normalized spacial score (nSPS) is 10.7. The third-order valence-electron chi connectivity index (χ3n) is 4.54. The van der Waals surface area contributed by atoms with Gasteiger partial charge in [0.1, 0.15) is 12.0 Å². The van der Waals surface area contributed by atoms with Gasteiger partial charge in [-0.2, -0.15) is 0 Å². The van der Waals surface area contributed by atoms with Crippen molar-refractivity contribution in [2.24, 2.45) is 0 Å². The lowest BCUT2D eigenvalue weighted by atomic mass is 9.99. The molecule has 29 heavy (non-hydrogen) atoms. The molecule has 4 N–H and O–H groups in total. The summed E-state index contributed by atoms with van der Waals surface area (Å²) in [5.41, 5.74) is 10.0. The molecule has 0 saturated heterocycles. The molecule has 0 fully saturated rings. The maximum atomic E-state index is 6.41. The minimum Gasteiger partial charge on any atom is -0.393 e. The second-order valence-corrected chi connectivity index (χ2v) is 7.43. The lowest BCUT2D eigenvalue weighted by molar-refractivity contribution is 0.924. The molecule has 5 nitrogen and oxygen atoms in total. The number of rotatable bonds is 6. The van der Waals surface area contributed by atoms with Crippen LogP contribution in [0.1, 0.15) is 17.2 Å². The number of benzene rings is 3. The standard InChI is InChI=1S/C23H20BrN5/c24-18-11-13-19(14-12-18)28-22-20(25)23(27-15-26-22)29-21(16-7-3-1-4-8-16)17-9-5-2-6-10-17/h1-15,21H,25H2,(H2,26,27,28,29). The zero-order valence-corrected chi connectivity index (χ0v) is 17.2. The first-order valence-electron chi connectivity index (χ1n) is 9.20. The van der Waals surface area contributed by atoms with Gasteiger partial charge in [-0.3, -0.25) is 0 Å². The molecule has 0 atom stereocenters. The molecule has 144 valence electrons. The first-order chi connectivity index (χ1) is 14.2. The van der Waals surface area contributed by atoms with Gasteiger partial charge in [0.05, 0.1) is 6.04 Å². The highest BCUT2D eigenvalue weighted by atomic mass is 79.9. The molecule has 0 aliphatic heterocycles. The van der Waals surface area contributed by atoms with Gasteiger partial charge in [0.15, 0.2) is 11.6 Å². The molecule has 0 aliphatic carbocycles. The number of nitrogens with two attached hydrogens (primary N) is 1. The fourth-order valence-electron chi connectivity index (χ4n) is 3.07. The Morgan fingerprint density at radius 3 is 1.86 bits per heavy atom. The molecule has 1 aromatic heterocycles. The highest BCUT2D eigenvalue weighted by Crippen LogP contribution is 2.31. The van der Waals surface area contributed by atoms with Crippen LogP contribution < -0.4 is 16.4 Å². The summed E-state index contributed by atoms with van der Waals surface area (Å²) >= 11 is 3.44. The molecule has 0 unspecified atom stereocenters. The maximum absolute atomic E-state index is 6.41. The Kier molecular flexibility index (Phi) is 5.72. The molecule has 1 heterocycles. The van der Waals surface area contributed by atoms with E-state index in [2.05, 4.69) is 60.8 Å². The van der Waals surface area contributed by atoms with Crippen LogP contribution in [0.4, 0.5) is 23.0 Å².